The first-order chi connectivity index (χ1) is 8.91. The zero-order chi connectivity index (χ0) is 14.0. The predicted molar refractivity (Wildman–Crippen MR) is 71.6 cm³/mol. The van der Waals surface area contributed by atoms with Crippen LogP contribution in [0.2, 0.25) is 0 Å². The molecule has 0 aromatic heterocycles. The van der Waals surface area contributed by atoms with Crippen molar-refractivity contribution in [1.29, 1.82) is 0 Å². The first-order valence-electron chi connectivity index (χ1n) is 5.56. The van der Waals surface area contributed by atoms with E-state index in [1.165, 1.54) is 25.3 Å². The Morgan fingerprint density at radius 3 is 2.74 bits per heavy atom. The van der Waals surface area contributed by atoms with Gasteiger partial charge in [0.25, 0.3) is 5.91 Å². The van der Waals surface area contributed by atoms with Crippen LogP contribution in [-0.2, 0) is 9.84 Å². The highest BCUT2D eigenvalue weighted by Gasteiger charge is 2.24. The van der Waals surface area contributed by atoms with Crippen LogP contribution >= 0.6 is 0 Å². The third kappa shape index (κ3) is 3.05. The van der Waals surface area contributed by atoms with Crippen LogP contribution < -0.4 is 15.8 Å². The van der Waals surface area contributed by atoms with Crippen molar-refractivity contribution in [3.8, 4) is 5.75 Å². The summed E-state index contributed by atoms with van der Waals surface area (Å²) >= 11 is 0. The molecule has 0 spiro atoms. The van der Waals surface area contributed by atoms with Crippen molar-refractivity contribution in [2.24, 2.45) is 0 Å². The minimum atomic E-state index is -3.19. The van der Waals surface area contributed by atoms with Gasteiger partial charge in [0, 0.05) is 17.2 Å². The second-order valence-corrected chi connectivity index (χ2v) is 6.12. The van der Waals surface area contributed by atoms with Crippen molar-refractivity contribution in [2.75, 3.05) is 18.6 Å². The SMILES string of the molecule is COc1ccc(C(=O)NC2C=CS(=O)(=O)C2)c(N)c1. The lowest BCUT2D eigenvalue weighted by Gasteiger charge is -2.12. The monoisotopic (exact) mass is 282 g/mol. The van der Waals surface area contributed by atoms with Crippen LogP contribution in [0.25, 0.3) is 0 Å². The van der Waals surface area contributed by atoms with Crippen LogP contribution in [0.1, 0.15) is 10.4 Å². The Morgan fingerprint density at radius 2 is 2.21 bits per heavy atom. The van der Waals surface area contributed by atoms with Gasteiger partial charge in [0.1, 0.15) is 5.75 Å². The van der Waals surface area contributed by atoms with Gasteiger partial charge in [-0.25, -0.2) is 8.42 Å². The summed E-state index contributed by atoms with van der Waals surface area (Å²) in [5, 5.41) is 3.71. The molecular weight excluding hydrogens is 268 g/mol. The molecule has 1 heterocycles. The highest BCUT2D eigenvalue weighted by Crippen LogP contribution is 2.20. The number of sulfone groups is 1. The second kappa shape index (κ2) is 4.93. The standard InChI is InChI=1S/C12H14N2O4S/c1-18-9-2-3-10(11(13)6-9)12(15)14-8-4-5-19(16,17)7-8/h2-6,8H,7,13H2,1H3,(H,14,15). The lowest BCUT2D eigenvalue weighted by atomic mass is 10.1. The van der Waals surface area contributed by atoms with Gasteiger partial charge in [0.05, 0.1) is 24.5 Å². The van der Waals surface area contributed by atoms with Crippen molar-refractivity contribution in [2.45, 2.75) is 6.04 Å². The van der Waals surface area contributed by atoms with Crippen LogP contribution in [0.3, 0.4) is 0 Å². The fraction of sp³-hybridized carbons (Fsp3) is 0.250. The van der Waals surface area contributed by atoms with Crippen LogP contribution in [0, 0.1) is 0 Å². The molecule has 0 radical (unpaired) electrons. The molecule has 1 aromatic rings. The molecule has 1 amide bonds. The molecule has 0 saturated carbocycles. The molecule has 6 nitrogen and oxygen atoms in total. The molecular formula is C12H14N2O4S. The summed E-state index contributed by atoms with van der Waals surface area (Å²) < 4.78 is 27.4. The average molecular weight is 282 g/mol. The summed E-state index contributed by atoms with van der Waals surface area (Å²) in [6, 6.07) is 4.18. The Morgan fingerprint density at radius 1 is 1.47 bits per heavy atom. The molecule has 1 aromatic carbocycles. The molecule has 0 saturated heterocycles. The minimum Gasteiger partial charge on any atom is -0.497 e. The highest BCUT2D eigenvalue weighted by atomic mass is 32.2. The van der Waals surface area contributed by atoms with Gasteiger partial charge in [-0.15, -0.1) is 0 Å². The number of benzene rings is 1. The number of rotatable bonds is 3. The minimum absolute atomic E-state index is 0.116. The van der Waals surface area contributed by atoms with Gasteiger partial charge < -0.3 is 15.8 Å². The van der Waals surface area contributed by atoms with E-state index in [4.69, 9.17) is 10.5 Å². The number of carbonyl (C=O) groups excluding carboxylic acids is 1. The number of nitrogens with one attached hydrogen (secondary N) is 1. The smallest absolute Gasteiger partial charge is 0.253 e. The number of nitrogen functional groups attached to an aromatic ring is 1. The first kappa shape index (κ1) is 13.4. The summed E-state index contributed by atoms with van der Waals surface area (Å²) in [7, 11) is -1.69. The van der Waals surface area contributed by atoms with Gasteiger partial charge in [-0.3, -0.25) is 4.79 Å². The first-order valence-corrected chi connectivity index (χ1v) is 7.28. The van der Waals surface area contributed by atoms with E-state index in [0.29, 0.717) is 11.3 Å². The number of hydrogen-bond acceptors (Lipinski definition) is 5. The number of carbonyl (C=O) groups is 1. The fourth-order valence-corrected chi connectivity index (χ4v) is 3.02. The Labute approximate surface area is 111 Å². The van der Waals surface area contributed by atoms with E-state index in [0.717, 1.165) is 5.41 Å². The third-order valence-corrected chi connectivity index (χ3v) is 4.15. The number of hydrogen-bond donors (Lipinski definition) is 2. The van der Waals surface area contributed by atoms with Crippen molar-refractivity contribution in [3.05, 3.63) is 35.2 Å². The van der Waals surface area contributed by atoms with Crippen LogP contribution in [0.15, 0.2) is 29.7 Å². The van der Waals surface area contributed by atoms with E-state index in [1.807, 2.05) is 0 Å². The summed E-state index contributed by atoms with van der Waals surface area (Å²) in [5.41, 5.74) is 6.32. The van der Waals surface area contributed by atoms with Crippen molar-refractivity contribution >= 4 is 21.4 Å². The molecule has 102 valence electrons. The van der Waals surface area contributed by atoms with Gasteiger partial charge in [-0.05, 0) is 18.2 Å². The molecule has 1 unspecified atom stereocenters. The number of nitrogens with two attached hydrogens (primary N) is 1. The summed E-state index contributed by atoms with van der Waals surface area (Å²) in [6.45, 7) is 0. The van der Waals surface area contributed by atoms with E-state index >= 15 is 0 Å². The molecule has 0 aliphatic carbocycles. The van der Waals surface area contributed by atoms with E-state index < -0.39 is 21.8 Å². The maximum absolute atomic E-state index is 12.0. The fourth-order valence-electron chi connectivity index (χ4n) is 1.79. The van der Waals surface area contributed by atoms with Gasteiger partial charge >= 0.3 is 0 Å². The van der Waals surface area contributed by atoms with Crippen molar-refractivity contribution < 1.29 is 17.9 Å². The summed E-state index contributed by atoms with van der Waals surface area (Å²) in [5.74, 6) is 0.0266. The van der Waals surface area contributed by atoms with Gasteiger partial charge in [0.15, 0.2) is 9.84 Å². The lowest BCUT2D eigenvalue weighted by molar-refractivity contribution is 0.0948. The molecule has 3 N–H and O–H groups in total. The number of ether oxygens (including phenoxy) is 1. The number of methoxy groups -OCH3 is 1. The molecule has 1 aliphatic heterocycles. The highest BCUT2D eigenvalue weighted by molar-refractivity contribution is 7.94. The maximum atomic E-state index is 12.0. The van der Waals surface area contributed by atoms with E-state index in [9.17, 15) is 13.2 Å². The van der Waals surface area contributed by atoms with Crippen LogP contribution in [0.4, 0.5) is 5.69 Å². The molecule has 0 bridgehead atoms. The third-order valence-electron chi connectivity index (χ3n) is 2.75. The van der Waals surface area contributed by atoms with Gasteiger partial charge in [0.2, 0.25) is 0 Å². The summed E-state index contributed by atoms with van der Waals surface area (Å²) in [6.07, 6.45) is 1.45. The molecule has 2 rings (SSSR count). The Balaban J connectivity index is 2.11. The Bertz CT molecular complexity index is 637. The van der Waals surface area contributed by atoms with Gasteiger partial charge in [-0.2, -0.15) is 0 Å². The topological polar surface area (TPSA) is 98.5 Å². The second-order valence-electron chi connectivity index (χ2n) is 4.19. The maximum Gasteiger partial charge on any atom is 0.253 e. The van der Waals surface area contributed by atoms with Crippen molar-refractivity contribution in [3.63, 3.8) is 0 Å². The van der Waals surface area contributed by atoms with Crippen LogP contribution in [-0.4, -0.2) is 33.2 Å². The molecule has 19 heavy (non-hydrogen) atoms. The normalized spacial score (nSPS) is 20.2. The molecule has 0 fully saturated rings. The number of anilines is 1. The lowest BCUT2D eigenvalue weighted by Crippen LogP contribution is -2.35. The van der Waals surface area contributed by atoms with E-state index in [2.05, 4.69) is 5.32 Å². The van der Waals surface area contributed by atoms with E-state index in [-0.39, 0.29) is 11.4 Å². The quantitative estimate of drug-likeness (QED) is 0.778. The summed E-state index contributed by atoms with van der Waals surface area (Å²) in [4.78, 5) is 12.0. The molecule has 1 aliphatic rings. The average Bonchev–Trinajstić information content (AvgIpc) is 2.68. The molecule has 1 atom stereocenters. The Kier molecular flexibility index (Phi) is 3.48. The largest absolute Gasteiger partial charge is 0.497 e. The Hall–Kier alpha value is -2.02. The molecule has 7 heteroatoms. The van der Waals surface area contributed by atoms with Crippen molar-refractivity contribution in [1.82, 2.24) is 5.32 Å². The number of amides is 1. The van der Waals surface area contributed by atoms with Crippen LogP contribution in [0.5, 0.6) is 5.75 Å². The van der Waals surface area contributed by atoms with Gasteiger partial charge in [-0.1, -0.05) is 0 Å². The zero-order valence-electron chi connectivity index (χ0n) is 10.3. The zero-order valence-corrected chi connectivity index (χ0v) is 11.1. The predicted octanol–water partition coefficient (Wildman–Crippen LogP) is 0.318. The van der Waals surface area contributed by atoms with E-state index in [1.54, 1.807) is 6.07 Å².